The highest BCUT2D eigenvalue weighted by Crippen LogP contribution is 2.21. The van der Waals surface area contributed by atoms with Gasteiger partial charge in [0.1, 0.15) is 23.9 Å². The number of amides is 1. The highest BCUT2D eigenvalue weighted by atomic mass is 19.1. The smallest absolute Gasteiger partial charge is 0.258 e. The summed E-state index contributed by atoms with van der Waals surface area (Å²) in [5.74, 6) is -0.706. The van der Waals surface area contributed by atoms with E-state index in [0.717, 1.165) is 0 Å². The molecule has 2 aromatic carbocycles. The van der Waals surface area contributed by atoms with Gasteiger partial charge in [-0.3, -0.25) is 4.79 Å². The van der Waals surface area contributed by atoms with Crippen molar-refractivity contribution in [2.45, 2.75) is 6.54 Å². The molecule has 0 aliphatic heterocycles. The van der Waals surface area contributed by atoms with E-state index < -0.39 is 5.82 Å². The Hall–Kier alpha value is -3.88. The second-order valence-corrected chi connectivity index (χ2v) is 5.92. The lowest BCUT2D eigenvalue weighted by atomic mass is 10.2. The molecule has 1 N–H and O–H groups in total. The fourth-order valence-electron chi connectivity index (χ4n) is 2.53. The van der Waals surface area contributed by atoms with Crippen molar-refractivity contribution in [2.24, 2.45) is 0 Å². The van der Waals surface area contributed by atoms with Gasteiger partial charge in [-0.25, -0.2) is 13.8 Å². The van der Waals surface area contributed by atoms with Crippen LogP contribution in [0.3, 0.4) is 0 Å². The molecule has 0 aliphatic carbocycles. The van der Waals surface area contributed by atoms with E-state index in [9.17, 15) is 13.6 Å². The number of carbonyl (C=O) groups excluding carboxylic acids is 1. The monoisotopic (exact) mass is 381 g/mol. The van der Waals surface area contributed by atoms with Crippen molar-refractivity contribution in [2.75, 3.05) is 5.32 Å². The van der Waals surface area contributed by atoms with Gasteiger partial charge >= 0.3 is 0 Å². The minimum Gasteiger partial charge on any atom is -0.334 e. The lowest BCUT2D eigenvalue weighted by Gasteiger charge is -2.05. The maximum atomic E-state index is 13.3. The molecule has 7 nitrogen and oxygen atoms in total. The van der Waals surface area contributed by atoms with Crippen molar-refractivity contribution in [1.29, 1.82) is 0 Å². The number of aromatic nitrogens is 4. The van der Waals surface area contributed by atoms with E-state index in [-0.39, 0.29) is 30.0 Å². The molecule has 140 valence electrons. The summed E-state index contributed by atoms with van der Waals surface area (Å²) in [7, 11) is 0. The Balaban J connectivity index is 1.44. The van der Waals surface area contributed by atoms with Crippen LogP contribution in [-0.2, 0) is 11.3 Å². The first-order chi connectivity index (χ1) is 13.6. The number of hydrogen-bond acceptors (Lipinski definition) is 5. The molecule has 0 fully saturated rings. The number of nitrogens with one attached hydrogen (secondary N) is 1. The van der Waals surface area contributed by atoms with Crippen LogP contribution in [0.4, 0.5) is 14.5 Å². The number of halogens is 2. The van der Waals surface area contributed by atoms with Crippen molar-refractivity contribution in [3.8, 4) is 23.0 Å². The van der Waals surface area contributed by atoms with Crippen molar-refractivity contribution in [3.05, 3.63) is 72.7 Å². The maximum absolute atomic E-state index is 13.3. The first-order valence-electron chi connectivity index (χ1n) is 8.24. The number of rotatable bonds is 5. The highest BCUT2D eigenvalue weighted by Gasteiger charge is 2.14. The van der Waals surface area contributed by atoms with Crippen molar-refractivity contribution < 1.29 is 18.1 Å². The number of carbonyl (C=O) groups is 1. The minimum absolute atomic E-state index is 0.00101. The normalized spacial score (nSPS) is 10.8. The van der Waals surface area contributed by atoms with Gasteiger partial charge in [-0.1, -0.05) is 11.2 Å². The van der Waals surface area contributed by atoms with Gasteiger partial charge in [-0.15, -0.1) is 0 Å². The van der Waals surface area contributed by atoms with E-state index in [2.05, 4.69) is 20.4 Å². The van der Waals surface area contributed by atoms with Crippen LogP contribution in [0, 0.1) is 11.6 Å². The minimum atomic E-state index is -0.409. The van der Waals surface area contributed by atoms with Gasteiger partial charge < -0.3 is 14.4 Å². The van der Waals surface area contributed by atoms with Crippen LogP contribution < -0.4 is 5.32 Å². The fraction of sp³-hybridized carbons (Fsp3) is 0.0526. The van der Waals surface area contributed by atoms with Crippen LogP contribution in [0.1, 0.15) is 0 Å². The number of anilines is 1. The molecule has 0 bridgehead atoms. The summed E-state index contributed by atoms with van der Waals surface area (Å²) in [5.41, 5.74) is 1.35. The third-order valence-corrected chi connectivity index (χ3v) is 3.81. The van der Waals surface area contributed by atoms with E-state index in [1.165, 1.54) is 42.7 Å². The zero-order valence-electron chi connectivity index (χ0n) is 14.3. The number of imidazole rings is 1. The van der Waals surface area contributed by atoms with Crippen molar-refractivity contribution >= 4 is 11.6 Å². The second-order valence-electron chi connectivity index (χ2n) is 5.92. The Bertz CT molecular complexity index is 1120. The maximum Gasteiger partial charge on any atom is 0.258 e. The Kier molecular flexibility index (Phi) is 4.63. The topological polar surface area (TPSA) is 85.8 Å². The van der Waals surface area contributed by atoms with Gasteiger partial charge in [0.2, 0.25) is 11.7 Å². The van der Waals surface area contributed by atoms with Gasteiger partial charge in [0.05, 0.1) is 6.33 Å². The van der Waals surface area contributed by atoms with Crippen LogP contribution in [0.25, 0.3) is 23.0 Å². The number of hydrogen-bond donors (Lipinski definition) is 1. The van der Waals surface area contributed by atoms with Gasteiger partial charge in [-0.2, -0.15) is 4.98 Å². The van der Waals surface area contributed by atoms with Crippen LogP contribution in [-0.4, -0.2) is 25.6 Å². The van der Waals surface area contributed by atoms with Gasteiger partial charge in [0.25, 0.3) is 5.89 Å². The Labute approximate surface area is 157 Å². The molecular formula is C19H13F2N5O2. The van der Waals surface area contributed by atoms with E-state index in [1.54, 1.807) is 22.9 Å². The summed E-state index contributed by atoms with van der Waals surface area (Å²) in [6.45, 7) is -0.00101. The lowest BCUT2D eigenvalue weighted by molar-refractivity contribution is -0.116. The molecule has 2 aromatic heterocycles. The van der Waals surface area contributed by atoms with E-state index in [4.69, 9.17) is 4.52 Å². The van der Waals surface area contributed by atoms with E-state index >= 15 is 0 Å². The molecule has 0 saturated heterocycles. The molecule has 0 spiro atoms. The van der Waals surface area contributed by atoms with Gasteiger partial charge in [0, 0.05) is 17.4 Å². The van der Waals surface area contributed by atoms with Gasteiger partial charge in [0.15, 0.2) is 0 Å². The van der Waals surface area contributed by atoms with Crippen LogP contribution in [0.15, 0.2) is 65.6 Å². The predicted octanol–water partition coefficient (Wildman–Crippen LogP) is 3.52. The molecule has 9 heteroatoms. The summed E-state index contributed by atoms with van der Waals surface area (Å²) in [5, 5.41) is 6.50. The molecule has 0 aliphatic rings. The molecule has 4 rings (SSSR count). The Morgan fingerprint density at radius 1 is 1.11 bits per heavy atom. The van der Waals surface area contributed by atoms with Crippen LogP contribution >= 0.6 is 0 Å². The highest BCUT2D eigenvalue weighted by molar-refractivity contribution is 5.90. The molecule has 28 heavy (non-hydrogen) atoms. The predicted molar refractivity (Wildman–Crippen MR) is 95.9 cm³/mol. The first kappa shape index (κ1) is 17.5. The summed E-state index contributed by atoms with van der Waals surface area (Å²) in [6, 6.07) is 11.3. The first-order valence-corrected chi connectivity index (χ1v) is 8.24. The van der Waals surface area contributed by atoms with Crippen molar-refractivity contribution in [3.63, 3.8) is 0 Å². The average molecular weight is 381 g/mol. The summed E-state index contributed by atoms with van der Waals surface area (Å²) in [4.78, 5) is 20.5. The Morgan fingerprint density at radius 3 is 2.71 bits per heavy atom. The third kappa shape index (κ3) is 3.93. The van der Waals surface area contributed by atoms with E-state index in [1.807, 2.05) is 0 Å². The molecule has 2 heterocycles. The van der Waals surface area contributed by atoms with Gasteiger partial charge in [-0.05, 0) is 42.5 Å². The molecule has 0 saturated carbocycles. The molecule has 4 aromatic rings. The zero-order chi connectivity index (χ0) is 19.5. The third-order valence-electron chi connectivity index (χ3n) is 3.81. The van der Waals surface area contributed by atoms with Crippen molar-refractivity contribution in [1.82, 2.24) is 19.7 Å². The number of benzene rings is 2. The zero-order valence-corrected chi connectivity index (χ0v) is 14.3. The number of nitrogens with zero attached hydrogens (tertiary/aromatic N) is 4. The summed E-state index contributed by atoms with van der Waals surface area (Å²) in [6.07, 6.45) is 3.04. The molecule has 0 radical (unpaired) electrons. The quantitative estimate of drug-likeness (QED) is 0.572. The second kappa shape index (κ2) is 7.39. The largest absolute Gasteiger partial charge is 0.334 e. The van der Waals surface area contributed by atoms with Crippen LogP contribution in [0.5, 0.6) is 0 Å². The lowest BCUT2D eigenvalue weighted by Crippen LogP contribution is -2.17. The summed E-state index contributed by atoms with van der Waals surface area (Å²) >= 11 is 0. The molecule has 1 amide bonds. The fourth-order valence-corrected chi connectivity index (χ4v) is 2.53. The van der Waals surface area contributed by atoms with Crippen LogP contribution in [0.2, 0.25) is 0 Å². The summed E-state index contributed by atoms with van der Waals surface area (Å²) < 4.78 is 32.9. The molecule has 0 atom stereocenters. The molecular weight excluding hydrogens is 368 g/mol. The SMILES string of the molecule is O=C(Cn1cnc(-c2noc(-c3cccc(F)c3)n2)c1)Nc1ccc(F)cc1. The molecule has 0 unspecified atom stereocenters. The standard InChI is InChI=1S/C19H13F2N5O2/c20-13-4-6-15(7-5-13)23-17(27)10-26-9-16(22-11-26)18-24-19(28-25-18)12-2-1-3-14(21)8-12/h1-9,11H,10H2,(H,23,27). The average Bonchev–Trinajstić information content (AvgIpc) is 3.33. The van der Waals surface area contributed by atoms with E-state index in [0.29, 0.717) is 16.9 Å². The Morgan fingerprint density at radius 2 is 1.93 bits per heavy atom.